The Morgan fingerprint density at radius 3 is 2.42 bits per heavy atom. The van der Waals surface area contributed by atoms with E-state index >= 15 is 0 Å². The standard InChI is InChI=1S/C16H17N5O3/c17-15(22)12-4-3-7-18-16(12)20-10-8-19(9-11-20)13-5-1-2-6-14(13)21(23)24/h1-7H,8-11H2,(H2,17,22). The van der Waals surface area contributed by atoms with Gasteiger partial charge in [0.25, 0.3) is 11.6 Å². The summed E-state index contributed by atoms with van der Waals surface area (Å²) in [6.45, 7) is 2.39. The van der Waals surface area contributed by atoms with Gasteiger partial charge in [0.15, 0.2) is 0 Å². The number of benzene rings is 1. The van der Waals surface area contributed by atoms with Crippen LogP contribution < -0.4 is 15.5 Å². The third-order valence-corrected chi connectivity index (χ3v) is 4.05. The first-order valence-corrected chi connectivity index (χ1v) is 7.56. The Hall–Kier alpha value is -3.16. The summed E-state index contributed by atoms with van der Waals surface area (Å²) < 4.78 is 0. The number of nitrogens with zero attached hydrogens (tertiary/aromatic N) is 4. The van der Waals surface area contributed by atoms with Gasteiger partial charge in [-0.15, -0.1) is 0 Å². The number of piperazine rings is 1. The smallest absolute Gasteiger partial charge is 0.292 e. The van der Waals surface area contributed by atoms with Gasteiger partial charge in [0.1, 0.15) is 11.5 Å². The molecule has 1 amide bonds. The molecule has 0 bridgehead atoms. The molecule has 0 aliphatic carbocycles. The van der Waals surface area contributed by atoms with Crippen molar-refractivity contribution in [1.29, 1.82) is 0 Å². The van der Waals surface area contributed by atoms with Gasteiger partial charge in [-0.2, -0.15) is 0 Å². The zero-order chi connectivity index (χ0) is 17.1. The molecule has 0 saturated carbocycles. The number of rotatable bonds is 4. The zero-order valence-electron chi connectivity index (χ0n) is 13.0. The zero-order valence-corrected chi connectivity index (χ0v) is 13.0. The van der Waals surface area contributed by atoms with Crippen molar-refractivity contribution in [2.75, 3.05) is 36.0 Å². The number of primary amides is 1. The number of hydrogen-bond acceptors (Lipinski definition) is 6. The van der Waals surface area contributed by atoms with Crippen molar-refractivity contribution < 1.29 is 9.72 Å². The summed E-state index contributed by atoms with van der Waals surface area (Å²) in [5, 5.41) is 11.2. The van der Waals surface area contributed by atoms with Crippen LogP contribution >= 0.6 is 0 Å². The fourth-order valence-electron chi connectivity index (χ4n) is 2.89. The highest BCUT2D eigenvalue weighted by atomic mass is 16.6. The molecule has 124 valence electrons. The van der Waals surface area contributed by atoms with E-state index in [4.69, 9.17) is 5.73 Å². The highest BCUT2D eigenvalue weighted by molar-refractivity contribution is 5.97. The maximum absolute atomic E-state index is 11.5. The lowest BCUT2D eigenvalue weighted by Crippen LogP contribution is -2.47. The van der Waals surface area contributed by atoms with Crippen LogP contribution in [0.3, 0.4) is 0 Å². The molecule has 0 spiro atoms. The summed E-state index contributed by atoms with van der Waals surface area (Å²) in [6, 6.07) is 10.0. The molecular formula is C16H17N5O3. The number of nitro groups is 1. The molecule has 2 aromatic rings. The molecule has 2 heterocycles. The second-order valence-corrected chi connectivity index (χ2v) is 5.46. The first kappa shape index (κ1) is 15.7. The monoisotopic (exact) mass is 327 g/mol. The molecule has 0 atom stereocenters. The number of pyridine rings is 1. The Labute approximate surface area is 138 Å². The van der Waals surface area contributed by atoms with Crippen molar-refractivity contribution in [2.24, 2.45) is 5.73 Å². The fourth-order valence-corrected chi connectivity index (χ4v) is 2.89. The average Bonchev–Trinajstić information content (AvgIpc) is 2.62. The number of aromatic nitrogens is 1. The summed E-state index contributed by atoms with van der Waals surface area (Å²) >= 11 is 0. The number of amides is 1. The van der Waals surface area contributed by atoms with Crippen molar-refractivity contribution in [3.05, 3.63) is 58.3 Å². The summed E-state index contributed by atoms with van der Waals surface area (Å²) in [4.78, 5) is 30.6. The van der Waals surface area contributed by atoms with E-state index in [-0.39, 0.29) is 10.6 Å². The molecule has 24 heavy (non-hydrogen) atoms. The average molecular weight is 327 g/mol. The first-order chi connectivity index (χ1) is 11.6. The quantitative estimate of drug-likeness (QED) is 0.672. The molecule has 1 aromatic carbocycles. The van der Waals surface area contributed by atoms with Crippen LogP contribution in [0.15, 0.2) is 42.6 Å². The first-order valence-electron chi connectivity index (χ1n) is 7.56. The highest BCUT2D eigenvalue weighted by Crippen LogP contribution is 2.29. The van der Waals surface area contributed by atoms with Crippen LogP contribution in [0, 0.1) is 10.1 Å². The van der Waals surface area contributed by atoms with Crippen LogP contribution in [0.2, 0.25) is 0 Å². The minimum atomic E-state index is -0.515. The molecule has 8 nitrogen and oxygen atoms in total. The van der Waals surface area contributed by atoms with Crippen molar-refractivity contribution in [2.45, 2.75) is 0 Å². The summed E-state index contributed by atoms with van der Waals surface area (Å²) in [7, 11) is 0. The van der Waals surface area contributed by atoms with E-state index in [0.29, 0.717) is 43.2 Å². The number of nitrogens with two attached hydrogens (primary N) is 1. The molecular weight excluding hydrogens is 310 g/mol. The van der Waals surface area contributed by atoms with Crippen LogP contribution in [0.1, 0.15) is 10.4 Å². The molecule has 2 N–H and O–H groups in total. The third-order valence-electron chi connectivity index (χ3n) is 4.05. The minimum absolute atomic E-state index is 0.0987. The van der Waals surface area contributed by atoms with Crippen LogP contribution in [0.5, 0.6) is 0 Å². The fraction of sp³-hybridized carbons (Fsp3) is 0.250. The third kappa shape index (κ3) is 2.98. The summed E-state index contributed by atoms with van der Waals surface area (Å²) in [5.74, 6) is 0.0476. The number of para-hydroxylation sites is 2. The van der Waals surface area contributed by atoms with Gasteiger partial charge >= 0.3 is 0 Å². The predicted molar refractivity (Wildman–Crippen MR) is 90.3 cm³/mol. The predicted octanol–water partition coefficient (Wildman–Crippen LogP) is 1.42. The van der Waals surface area contributed by atoms with E-state index in [1.807, 2.05) is 9.80 Å². The Kier molecular flexibility index (Phi) is 4.28. The van der Waals surface area contributed by atoms with Gasteiger partial charge in [0.2, 0.25) is 0 Å². The van der Waals surface area contributed by atoms with E-state index in [1.54, 1.807) is 36.5 Å². The van der Waals surface area contributed by atoms with Gasteiger partial charge in [-0.1, -0.05) is 12.1 Å². The minimum Gasteiger partial charge on any atom is -0.365 e. The van der Waals surface area contributed by atoms with Crippen molar-refractivity contribution >= 4 is 23.1 Å². The van der Waals surface area contributed by atoms with Crippen LogP contribution in [-0.2, 0) is 0 Å². The number of nitro benzene ring substituents is 1. The van der Waals surface area contributed by atoms with Crippen molar-refractivity contribution in [3.8, 4) is 0 Å². The van der Waals surface area contributed by atoms with Crippen molar-refractivity contribution in [1.82, 2.24) is 4.98 Å². The Morgan fingerprint density at radius 1 is 1.08 bits per heavy atom. The highest BCUT2D eigenvalue weighted by Gasteiger charge is 2.25. The van der Waals surface area contributed by atoms with Gasteiger partial charge in [-0.3, -0.25) is 14.9 Å². The number of hydrogen-bond donors (Lipinski definition) is 1. The molecule has 0 radical (unpaired) electrons. The van der Waals surface area contributed by atoms with E-state index in [1.165, 1.54) is 6.07 Å². The summed E-state index contributed by atoms with van der Waals surface area (Å²) in [5.41, 5.74) is 6.50. The van der Waals surface area contributed by atoms with Gasteiger partial charge in [-0.05, 0) is 18.2 Å². The maximum atomic E-state index is 11.5. The van der Waals surface area contributed by atoms with E-state index < -0.39 is 5.91 Å². The van der Waals surface area contributed by atoms with Crippen LogP contribution in [0.25, 0.3) is 0 Å². The largest absolute Gasteiger partial charge is 0.365 e. The SMILES string of the molecule is NC(=O)c1cccnc1N1CCN(c2ccccc2[N+](=O)[O-])CC1. The van der Waals surface area contributed by atoms with Gasteiger partial charge in [0, 0.05) is 38.4 Å². The van der Waals surface area contributed by atoms with Crippen LogP contribution in [0.4, 0.5) is 17.2 Å². The lowest BCUT2D eigenvalue weighted by atomic mass is 10.2. The molecule has 8 heteroatoms. The van der Waals surface area contributed by atoms with Gasteiger partial charge < -0.3 is 15.5 Å². The molecule has 1 aromatic heterocycles. The molecule has 1 saturated heterocycles. The molecule has 1 aliphatic rings. The second-order valence-electron chi connectivity index (χ2n) is 5.46. The lowest BCUT2D eigenvalue weighted by Gasteiger charge is -2.36. The van der Waals surface area contributed by atoms with E-state index in [0.717, 1.165) is 0 Å². The number of carbonyl (C=O) groups is 1. The Morgan fingerprint density at radius 2 is 1.75 bits per heavy atom. The Balaban J connectivity index is 1.78. The molecule has 1 fully saturated rings. The lowest BCUT2D eigenvalue weighted by molar-refractivity contribution is -0.384. The molecule has 1 aliphatic heterocycles. The van der Waals surface area contributed by atoms with E-state index in [2.05, 4.69) is 4.98 Å². The van der Waals surface area contributed by atoms with Crippen molar-refractivity contribution in [3.63, 3.8) is 0 Å². The molecule has 0 unspecified atom stereocenters. The number of anilines is 2. The normalized spacial score (nSPS) is 14.5. The van der Waals surface area contributed by atoms with Gasteiger partial charge in [-0.25, -0.2) is 4.98 Å². The Bertz CT molecular complexity index is 706. The summed E-state index contributed by atoms with van der Waals surface area (Å²) in [6.07, 6.45) is 1.62. The second kappa shape index (κ2) is 6.53. The maximum Gasteiger partial charge on any atom is 0.292 e. The molecule has 3 rings (SSSR count). The van der Waals surface area contributed by atoms with Crippen LogP contribution in [-0.4, -0.2) is 42.0 Å². The van der Waals surface area contributed by atoms with E-state index in [9.17, 15) is 14.9 Å². The number of carbonyl (C=O) groups excluding carboxylic acids is 1. The van der Waals surface area contributed by atoms with Gasteiger partial charge in [0.05, 0.1) is 10.5 Å². The topological polar surface area (TPSA) is 106 Å².